The minimum atomic E-state index is 0.665. The third-order valence-electron chi connectivity index (χ3n) is 5.14. The molecule has 5 aromatic rings. The number of nitrogens with zero attached hydrogens (tertiary/aromatic N) is 1. The highest BCUT2D eigenvalue weighted by Gasteiger charge is 2.12. The van der Waals surface area contributed by atoms with Crippen molar-refractivity contribution < 1.29 is 0 Å². The third kappa shape index (κ3) is 2.51. The first-order chi connectivity index (χ1) is 13.3. The lowest BCUT2D eigenvalue weighted by atomic mass is 9.91. The van der Waals surface area contributed by atoms with Crippen LogP contribution in [0.3, 0.4) is 0 Å². The Morgan fingerprint density at radius 2 is 1.15 bits per heavy atom. The molecule has 0 heterocycles. The molecule has 0 aliphatic carbocycles. The van der Waals surface area contributed by atoms with Crippen molar-refractivity contribution in [3.05, 3.63) is 101 Å². The van der Waals surface area contributed by atoms with Gasteiger partial charge in [0.2, 0.25) is 0 Å². The molecule has 2 heteroatoms. The van der Waals surface area contributed by atoms with E-state index < -0.39 is 0 Å². The average Bonchev–Trinajstić information content (AvgIpc) is 2.74. The number of benzene rings is 5. The van der Waals surface area contributed by atoms with Crippen molar-refractivity contribution in [2.75, 3.05) is 0 Å². The molecule has 0 saturated carbocycles. The average molecular weight is 408 g/mol. The van der Waals surface area contributed by atoms with E-state index in [4.69, 9.17) is 6.57 Å². The first-order valence-electron chi connectivity index (χ1n) is 8.77. The van der Waals surface area contributed by atoms with Gasteiger partial charge in [0, 0.05) is 4.47 Å². The second-order valence-corrected chi connectivity index (χ2v) is 7.48. The maximum absolute atomic E-state index is 7.19. The van der Waals surface area contributed by atoms with Gasteiger partial charge in [-0.3, -0.25) is 0 Å². The Hall–Kier alpha value is -3.15. The molecule has 5 rings (SSSR count). The van der Waals surface area contributed by atoms with Crippen LogP contribution in [0.15, 0.2) is 89.4 Å². The van der Waals surface area contributed by atoms with E-state index in [0.717, 1.165) is 10.0 Å². The zero-order valence-corrected chi connectivity index (χ0v) is 16.0. The largest absolute Gasteiger partial charge is 0.238 e. The van der Waals surface area contributed by atoms with Crippen LogP contribution in [0.5, 0.6) is 0 Å². The standard InChI is InChI=1S/C25H14BrN/c1-27-17-12-10-16(11-13-17)22-14-23-20-8-4-5-9-21(20)25(26)15-24(23)19-7-3-2-6-18(19)22/h2-15H. The summed E-state index contributed by atoms with van der Waals surface area (Å²) in [4.78, 5) is 3.51. The van der Waals surface area contributed by atoms with Gasteiger partial charge in [-0.05, 0) is 55.6 Å². The summed E-state index contributed by atoms with van der Waals surface area (Å²) in [5, 5.41) is 7.42. The summed E-state index contributed by atoms with van der Waals surface area (Å²) >= 11 is 3.75. The Morgan fingerprint density at radius 3 is 1.81 bits per heavy atom. The van der Waals surface area contributed by atoms with Crippen LogP contribution >= 0.6 is 15.9 Å². The summed E-state index contributed by atoms with van der Waals surface area (Å²) in [6.07, 6.45) is 0. The Labute approximate surface area is 165 Å². The van der Waals surface area contributed by atoms with Crippen molar-refractivity contribution in [3.63, 3.8) is 0 Å². The normalized spacial score (nSPS) is 11.1. The number of hydrogen-bond donors (Lipinski definition) is 0. The summed E-state index contributed by atoms with van der Waals surface area (Å²) in [5.74, 6) is 0. The summed E-state index contributed by atoms with van der Waals surface area (Å²) in [6, 6.07) is 29.4. The molecule has 0 amide bonds. The van der Waals surface area contributed by atoms with Crippen LogP contribution in [0.25, 0.3) is 48.3 Å². The summed E-state index contributed by atoms with van der Waals surface area (Å²) < 4.78 is 1.12. The molecule has 0 atom stereocenters. The van der Waals surface area contributed by atoms with E-state index in [0.29, 0.717) is 5.69 Å². The Balaban J connectivity index is 1.96. The monoisotopic (exact) mass is 407 g/mol. The molecule has 0 bridgehead atoms. The lowest BCUT2D eigenvalue weighted by molar-refractivity contribution is 1.67. The van der Waals surface area contributed by atoms with Gasteiger partial charge in [0.25, 0.3) is 0 Å². The predicted octanol–water partition coefficient (Wildman–Crippen LogP) is 8.13. The van der Waals surface area contributed by atoms with Gasteiger partial charge in [0.1, 0.15) is 0 Å². The number of rotatable bonds is 1. The first-order valence-corrected chi connectivity index (χ1v) is 9.56. The fourth-order valence-corrected chi connectivity index (χ4v) is 4.44. The smallest absolute Gasteiger partial charge is 0.187 e. The highest BCUT2D eigenvalue weighted by Crippen LogP contribution is 2.40. The lowest BCUT2D eigenvalue weighted by Crippen LogP contribution is -1.86. The second-order valence-electron chi connectivity index (χ2n) is 6.63. The number of halogens is 1. The molecule has 0 N–H and O–H groups in total. The molecule has 0 unspecified atom stereocenters. The molecule has 5 aromatic carbocycles. The van der Waals surface area contributed by atoms with Crippen LogP contribution in [-0.4, -0.2) is 0 Å². The Kier molecular flexibility index (Phi) is 3.70. The minimum absolute atomic E-state index is 0.665. The van der Waals surface area contributed by atoms with E-state index in [1.54, 1.807) is 0 Å². The molecule has 0 fully saturated rings. The van der Waals surface area contributed by atoms with Crippen molar-refractivity contribution in [2.24, 2.45) is 0 Å². The van der Waals surface area contributed by atoms with Crippen LogP contribution in [0.2, 0.25) is 0 Å². The zero-order valence-electron chi connectivity index (χ0n) is 14.4. The molecule has 27 heavy (non-hydrogen) atoms. The zero-order chi connectivity index (χ0) is 18.4. The van der Waals surface area contributed by atoms with E-state index in [-0.39, 0.29) is 0 Å². The van der Waals surface area contributed by atoms with Gasteiger partial charge in [-0.25, -0.2) is 4.85 Å². The molecule has 0 spiro atoms. The van der Waals surface area contributed by atoms with Gasteiger partial charge in [0.05, 0.1) is 6.57 Å². The van der Waals surface area contributed by atoms with E-state index >= 15 is 0 Å². The molecule has 0 aliphatic rings. The Morgan fingerprint density at radius 1 is 0.593 bits per heavy atom. The van der Waals surface area contributed by atoms with Gasteiger partial charge >= 0.3 is 0 Å². The van der Waals surface area contributed by atoms with Crippen molar-refractivity contribution in [3.8, 4) is 11.1 Å². The van der Waals surface area contributed by atoms with E-state index in [1.165, 1.54) is 37.9 Å². The van der Waals surface area contributed by atoms with Crippen LogP contribution in [0.4, 0.5) is 5.69 Å². The molecular formula is C25H14BrN. The minimum Gasteiger partial charge on any atom is -0.238 e. The van der Waals surface area contributed by atoms with Crippen molar-refractivity contribution >= 4 is 53.9 Å². The summed E-state index contributed by atoms with van der Waals surface area (Å²) in [5.41, 5.74) is 2.99. The lowest BCUT2D eigenvalue weighted by Gasteiger charge is -2.14. The van der Waals surface area contributed by atoms with Crippen molar-refractivity contribution in [1.82, 2.24) is 0 Å². The summed E-state index contributed by atoms with van der Waals surface area (Å²) in [6.45, 7) is 7.19. The van der Waals surface area contributed by atoms with Gasteiger partial charge < -0.3 is 0 Å². The second kappa shape index (κ2) is 6.23. The molecule has 1 nitrogen and oxygen atoms in total. The fourth-order valence-electron chi connectivity index (χ4n) is 3.86. The molecule has 0 aliphatic heterocycles. The van der Waals surface area contributed by atoms with Gasteiger partial charge in [-0.1, -0.05) is 88.7 Å². The van der Waals surface area contributed by atoms with E-state index in [1.807, 2.05) is 24.3 Å². The van der Waals surface area contributed by atoms with Gasteiger partial charge in [-0.2, -0.15) is 0 Å². The van der Waals surface area contributed by atoms with Crippen LogP contribution in [-0.2, 0) is 0 Å². The molecule has 126 valence electrons. The SMILES string of the molecule is [C-]#[N+]c1ccc(-c2cc3c4ccccc4c(Br)cc3c3ccccc23)cc1. The van der Waals surface area contributed by atoms with Crippen LogP contribution < -0.4 is 0 Å². The van der Waals surface area contributed by atoms with E-state index in [2.05, 4.69) is 81.4 Å². The van der Waals surface area contributed by atoms with Crippen LogP contribution in [0, 0.1) is 6.57 Å². The molecule has 0 aromatic heterocycles. The molecule has 0 saturated heterocycles. The highest BCUT2D eigenvalue weighted by atomic mass is 79.9. The molecular weight excluding hydrogens is 394 g/mol. The van der Waals surface area contributed by atoms with E-state index in [9.17, 15) is 0 Å². The summed E-state index contributed by atoms with van der Waals surface area (Å²) in [7, 11) is 0. The Bertz CT molecular complexity index is 1380. The maximum Gasteiger partial charge on any atom is 0.187 e. The van der Waals surface area contributed by atoms with Crippen molar-refractivity contribution in [2.45, 2.75) is 0 Å². The number of hydrogen-bond acceptors (Lipinski definition) is 0. The topological polar surface area (TPSA) is 4.36 Å². The quantitative estimate of drug-likeness (QED) is 0.195. The maximum atomic E-state index is 7.19. The first kappa shape index (κ1) is 16.1. The van der Waals surface area contributed by atoms with Crippen LogP contribution in [0.1, 0.15) is 0 Å². The predicted molar refractivity (Wildman–Crippen MR) is 118 cm³/mol. The van der Waals surface area contributed by atoms with Crippen molar-refractivity contribution in [1.29, 1.82) is 0 Å². The number of fused-ring (bicyclic) bond motifs is 5. The third-order valence-corrected chi connectivity index (χ3v) is 5.80. The van der Waals surface area contributed by atoms with Gasteiger partial charge in [-0.15, -0.1) is 0 Å². The molecule has 0 radical (unpaired) electrons. The fraction of sp³-hybridized carbons (Fsp3) is 0. The highest BCUT2D eigenvalue weighted by molar-refractivity contribution is 9.10. The van der Waals surface area contributed by atoms with Gasteiger partial charge in [0.15, 0.2) is 5.69 Å².